The normalized spacial score (nSPS) is 11.3. The summed E-state index contributed by atoms with van der Waals surface area (Å²) in [5.41, 5.74) is 4.26. The molecule has 0 aliphatic heterocycles. The van der Waals surface area contributed by atoms with Gasteiger partial charge >= 0.3 is 0 Å². The third kappa shape index (κ3) is 2.80. The summed E-state index contributed by atoms with van der Waals surface area (Å²) in [5, 5.41) is 9.39. The Hall–Kier alpha value is -3.52. The molecule has 0 fully saturated rings. The monoisotopic (exact) mass is 461 g/mol. The second-order valence-corrected chi connectivity index (χ2v) is 7.78. The highest BCUT2D eigenvalue weighted by atomic mass is 79.9. The van der Waals surface area contributed by atoms with Crippen molar-refractivity contribution in [2.75, 3.05) is 7.11 Å². The Kier molecular flexibility index (Phi) is 4.36. The van der Waals surface area contributed by atoms with Crippen LogP contribution in [0.5, 0.6) is 5.75 Å². The predicted octanol–water partition coefficient (Wildman–Crippen LogP) is 4.17. The van der Waals surface area contributed by atoms with Crippen molar-refractivity contribution < 1.29 is 4.74 Å². The molecule has 0 spiro atoms. The Morgan fingerprint density at radius 2 is 1.87 bits per heavy atom. The van der Waals surface area contributed by atoms with Crippen LogP contribution in [0.2, 0.25) is 0 Å². The number of ether oxygens (including phenoxy) is 1. The van der Waals surface area contributed by atoms with Gasteiger partial charge in [-0.3, -0.25) is 14.3 Å². The van der Waals surface area contributed by atoms with E-state index in [1.807, 2.05) is 49.4 Å². The van der Waals surface area contributed by atoms with Crippen molar-refractivity contribution >= 4 is 32.5 Å². The Labute approximate surface area is 179 Å². The molecular formula is C22H16BrN5O2. The van der Waals surface area contributed by atoms with Gasteiger partial charge in [0.1, 0.15) is 11.4 Å². The summed E-state index contributed by atoms with van der Waals surface area (Å²) in [6, 6.07) is 14.8. The lowest BCUT2D eigenvalue weighted by Crippen LogP contribution is -2.22. The first-order valence-electron chi connectivity index (χ1n) is 9.23. The average molecular weight is 462 g/mol. The molecular weight excluding hydrogens is 446 g/mol. The van der Waals surface area contributed by atoms with Gasteiger partial charge in [0.2, 0.25) is 0 Å². The van der Waals surface area contributed by atoms with Crippen LogP contribution in [0.1, 0.15) is 5.56 Å². The summed E-state index contributed by atoms with van der Waals surface area (Å²) < 4.78 is 9.44. The van der Waals surface area contributed by atoms with E-state index in [9.17, 15) is 4.79 Å². The van der Waals surface area contributed by atoms with Crippen molar-refractivity contribution in [3.05, 3.63) is 81.3 Å². The molecule has 5 rings (SSSR count). The summed E-state index contributed by atoms with van der Waals surface area (Å²) in [5.74, 6) is 0.711. The Morgan fingerprint density at radius 3 is 2.60 bits per heavy atom. The van der Waals surface area contributed by atoms with Crippen LogP contribution >= 0.6 is 15.9 Å². The molecule has 0 unspecified atom stereocenters. The van der Waals surface area contributed by atoms with E-state index >= 15 is 0 Å². The molecule has 0 atom stereocenters. The molecule has 0 radical (unpaired) electrons. The first-order valence-corrected chi connectivity index (χ1v) is 10.0. The van der Waals surface area contributed by atoms with Crippen LogP contribution in [0.25, 0.3) is 33.5 Å². The van der Waals surface area contributed by atoms with Gasteiger partial charge in [0.25, 0.3) is 5.56 Å². The SMILES string of the molecule is COc1ccc(-n2c(=O)c3cc(Br)ccc3n3nnc(-c4ccncc4C)c23)cc1. The molecule has 8 heteroatoms. The van der Waals surface area contributed by atoms with Gasteiger partial charge in [0.15, 0.2) is 5.65 Å². The highest BCUT2D eigenvalue weighted by molar-refractivity contribution is 9.10. The zero-order valence-corrected chi connectivity index (χ0v) is 17.8. The van der Waals surface area contributed by atoms with Crippen molar-refractivity contribution in [2.24, 2.45) is 0 Å². The van der Waals surface area contributed by atoms with Gasteiger partial charge in [-0.15, -0.1) is 5.10 Å². The lowest BCUT2D eigenvalue weighted by atomic mass is 10.1. The van der Waals surface area contributed by atoms with Crippen LogP contribution < -0.4 is 10.3 Å². The molecule has 0 saturated carbocycles. The number of aromatic nitrogens is 5. The van der Waals surface area contributed by atoms with Crippen molar-refractivity contribution in [1.82, 2.24) is 24.4 Å². The molecule has 7 nitrogen and oxygen atoms in total. The van der Waals surface area contributed by atoms with Gasteiger partial charge in [0, 0.05) is 22.4 Å². The van der Waals surface area contributed by atoms with E-state index in [1.165, 1.54) is 0 Å². The fourth-order valence-corrected chi connectivity index (χ4v) is 3.97. The molecule has 0 saturated heterocycles. The minimum atomic E-state index is -0.153. The molecule has 2 aromatic carbocycles. The molecule has 0 aliphatic rings. The van der Waals surface area contributed by atoms with Crippen molar-refractivity contribution in [3.8, 4) is 22.7 Å². The third-order valence-electron chi connectivity index (χ3n) is 5.08. The van der Waals surface area contributed by atoms with E-state index in [2.05, 4.69) is 31.2 Å². The molecule has 0 N–H and O–H groups in total. The number of halogens is 1. The minimum Gasteiger partial charge on any atom is -0.497 e. The lowest BCUT2D eigenvalue weighted by Gasteiger charge is -2.13. The number of fused-ring (bicyclic) bond motifs is 3. The first kappa shape index (κ1) is 18.5. The molecule has 30 heavy (non-hydrogen) atoms. The molecule has 0 amide bonds. The van der Waals surface area contributed by atoms with E-state index in [-0.39, 0.29) is 5.56 Å². The largest absolute Gasteiger partial charge is 0.497 e. The summed E-state index contributed by atoms with van der Waals surface area (Å²) in [6.45, 7) is 1.96. The predicted molar refractivity (Wildman–Crippen MR) is 118 cm³/mol. The Bertz CT molecular complexity index is 1470. The summed E-state index contributed by atoms with van der Waals surface area (Å²) in [6.07, 6.45) is 3.48. The second-order valence-electron chi connectivity index (χ2n) is 6.86. The molecule has 148 valence electrons. The topological polar surface area (TPSA) is 74.3 Å². The van der Waals surface area contributed by atoms with Gasteiger partial charge in [-0.05, 0) is 61.0 Å². The average Bonchev–Trinajstić information content (AvgIpc) is 3.19. The van der Waals surface area contributed by atoms with E-state index in [1.54, 1.807) is 34.7 Å². The number of nitrogens with zero attached hydrogens (tertiary/aromatic N) is 5. The maximum absolute atomic E-state index is 13.6. The fraction of sp³-hybridized carbons (Fsp3) is 0.0909. The molecule has 3 aromatic heterocycles. The van der Waals surface area contributed by atoms with E-state index in [4.69, 9.17) is 4.74 Å². The Morgan fingerprint density at radius 1 is 1.07 bits per heavy atom. The lowest BCUT2D eigenvalue weighted by molar-refractivity contribution is 0.414. The van der Waals surface area contributed by atoms with Crippen molar-refractivity contribution in [3.63, 3.8) is 0 Å². The van der Waals surface area contributed by atoms with E-state index in [0.717, 1.165) is 15.6 Å². The minimum absolute atomic E-state index is 0.153. The zero-order valence-electron chi connectivity index (χ0n) is 16.2. The summed E-state index contributed by atoms with van der Waals surface area (Å²) >= 11 is 3.46. The van der Waals surface area contributed by atoms with Gasteiger partial charge in [0.05, 0.1) is 23.7 Å². The van der Waals surface area contributed by atoms with E-state index in [0.29, 0.717) is 33.7 Å². The van der Waals surface area contributed by atoms with Crippen molar-refractivity contribution in [1.29, 1.82) is 0 Å². The number of hydrogen-bond donors (Lipinski definition) is 0. The van der Waals surface area contributed by atoms with Crippen LogP contribution in [0.15, 0.2) is 70.2 Å². The Balaban J connectivity index is 1.96. The van der Waals surface area contributed by atoms with Crippen LogP contribution in [-0.2, 0) is 0 Å². The highest BCUT2D eigenvalue weighted by Crippen LogP contribution is 2.29. The maximum atomic E-state index is 13.6. The van der Waals surface area contributed by atoms with Crippen LogP contribution in [0.4, 0.5) is 0 Å². The second kappa shape index (κ2) is 7.07. The maximum Gasteiger partial charge on any atom is 0.266 e. The van der Waals surface area contributed by atoms with Crippen molar-refractivity contribution in [2.45, 2.75) is 6.92 Å². The van der Waals surface area contributed by atoms with Crippen LogP contribution in [0, 0.1) is 6.92 Å². The summed E-state index contributed by atoms with van der Waals surface area (Å²) in [7, 11) is 1.61. The molecule has 0 aliphatic carbocycles. The van der Waals surface area contributed by atoms with E-state index < -0.39 is 0 Å². The molecule has 3 heterocycles. The smallest absolute Gasteiger partial charge is 0.266 e. The first-order chi connectivity index (χ1) is 14.6. The number of methoxy groups -OCH3 is 1. The number of benzene rings is 2. The number of aryl methyl sites for hydroxylation is 1. The van der Waals surface area contributed by atoms with Crippen LogP contribution in [-0.4, -0.2) is 31.5 Å². The standard InChI is InChI=1S/C22H16BrN5O2/c1-13-12-24-10-9-17(13)20-21-27(15-4-6-16(30-2)7-5-15)22(29)18-11-14(23)3-8-19(18)28(21)26-25-20/h3-12H,1-2H3. The summed E-state index contributed by atoms with van der Waals surface area (Å²) in [4.78, 5) is 17.8. The van der Waals surface area contributed by atoms with Gasteiger partial charge in [-0.25, -0.2) is 0 Å². The number of rotatable bonds is 3. The third-order valence-corrected chi connectivity index (χ3v) is 5.58. The fourth-order valence-electron chi connectivity index (χ4n) is 3.60. The van der Waals surface area contributed by atoms with Crippen LogP contribution in [0.3, 0.4) is 0 Å². The van der Waals surface area contributed by atoms with Gasteiger partial charge < -0.3 is 4.74 Å². The molecule has 5 aromatic rings. The number of pyridine rings is 1. The zero-order chi connectivity index (χ0) is 20.8. The van der Waals surface area contributed by atoms with Gasteiger partial charge in [-0.1, -0.05) is 21.1 Å². The van der Waals surface area contributed by atoms with Gasteiger partial charge in [-0.2, -0.15) is 4.52 Å². The molecule has 0 bridgehead atoms. The highest BCUT2D eigenvalue weighted by Gasteiger charge is 2.20. The quantitative estimate of drug-likeness (QED) is 0.402. The number of hydrogen-bond acceptors (Lipinski definition) is 5.